The van der Waals surface area contributed by atoms with Gasteiger partial charge < -0.3 is 37.9 Å². The minimum Gasteiger partial charge on any atom is -0.453 e. The Morgan fingerprint density at radius 3 is 2.39 bits per heavy atom. The molecule has 0 aromatic carbocycles. The van der Waals surface area contributed by atoms with E-state index in [0.717, 1.165) is 5.69 Å². The molecule has 14 nitrogen and oxygen atoms in total. The van der Waals surface area contributed by atoms with E-state index < -0.39 is 42.0 Å². The first-order chi connectivity index (χ1) is 18.1. The van der Waals surface area contributed by atoms with Crippen molar-refractivity contribution in [2.75, 3.05) is 0 Å². The Hall–Kier alpha value is -2.72. The van der Waals surface area contributed by atoms with Gasteiger partial charge in [-0.1, -0.05) is 10.4 Å². The highest BCUT2D eigenvalue weighted by molar-refractivity contribution is 5.65. The molecule has 0 radical (unpaired) electrons. The van der Waals surface area contributed by atoms with Crippen LogP contribution in [0.3, 0.4) is 0 Å². The predicted molar refractivity (Wildman–Crippen MR) is 121 cm³/mol. The molecular formula is C24H26N6O8. The van der Waals surface area contributed by atoms with Crippen molar-refractivity contribution in [2.24, 2.45) is 0 Å². The zero-order valence-corrected chi connectivity index (χ0v) is 21.1. The van der Waals surface area contributed by atoms with Crippen molar-refractivity contribution in [1.82, 2.24) is 30.0 Å². The third-order valence-electron chi connectivity index (χ3n) is 8.40. The van der Waals surface area contributed by atoms with Crippen molar-refractivity contribution in [2.45, 2.75) is 101 Å². The van der Waals surface area contributed by atoms with Crippen molar-refractivity contribution in [3.8, 4) is 22.9 Å². The van der Waals surface area contributed by atoms with Crippen LogP contribution in [0.5, 0.6) is 0 Å². The zero-order chi connectivity index (χ0) is 25.8. The van der Waals surface area contributed by atoms with E-state index in [1.165, 1.54) is 0 Å². The maximum absolute atomic E-state index is 11.9. The highest BCUT2D eigenvalue weighted by Crippen LogP contribution is 2.54. The first-order valence-corrected chi connectivity index (χ1v) is 12.8. The molecule has 0 aliphatic carbocycles. The molecule has 6 aliphatic heterocycles. The summed E-state index contributed by atoms with van der Waals surface area (Å²) in [6.45, 7) is 8.24. The normalized spacial score (nSPS) is 40.7. The van der Waals surface area contributed by atoms with Gasteiger partial charge >= 0.3 is 0 Å². The van der Waals surface area contributed by atoms with Crippen LogP contribution in [0.4, 0.5) is 0 Å². The fourth-order valence-corrected chi connectivity index (χ4v) is 6.99. The van der Waals surface area contributed by atoms with Gasteiger partial charge in [-0.2, -0.15) is 0 Å². The Balaban J connectivity index is 1.08. The SMILES string of the molecule is CC1(C)OC2OC3Cn4nnc(-c5ccc(-c6nnn7c6C6(O)C(C7)OC7OC(C)(C)OC76)o5)c4C3C2O1. The molecule has 6 aliphatic rings. The number of aliphatic hydroxyl groups is 1. The Bertz CT molecular complexity index is 1490. The number of furan rings is 1. The molecule has 38 heavy (non-hydrogen) atoms. The molecule has 4 fully saturated rings. The third kappa shape index (κ3) is 2.66. The number of fused-ring (bicyclic) bond motifs is 10. The maximum Gasteiger partial charge on any atom is 0.191 e. The molecule has 4 saturated heterocycles. The van der Waals surface area contributed by atoms with Crippen LogP contribution >= 0.6 is 0 Å². The van der Waals surface area contributed by atoms with Gasteiger partial charge in [0.1, 0.15) is 24.0 Å². The quantitative estimate of drug-likeness (QED) is 0.504. The van der Waals surface area contributed by atoms with Gasteiger partial charge in [0.05, 0.1) is 30.8 Å². The monoisotopic (exact) mass is 526 g/mol. The standard InChI is InChI=1S/C24H26N6O8/c1-22(2)35-17-13-11(33-20(17)37-22)7-29-16(13)14(25-27-29)9-5-6-10(32-9)15-18-24(31)12(8-30(18)28-26-15)34-21-19(24)36-23(3,4)38-21/h5-6,11-13,17,19-21,31H,7-8H2,1-4H3. The summed E-state index contributed by atoms with van der Waals surface area (Å²) in [4.78, 5) is 0. The van der Waals surface area contributed by atoms with Gasteiger partial charge in [-0.15, -0.1) is 10.2 Å². The lowest BCUT2D eigenvalue weighted by molar-refractivity contribution is -0.228. The Kier molecular flexibility index (Phi) is 3.90. The molecule has 0 spiro atoms. The molecule has 3 aromatic heterocycles. The van der Waals surface area contributed by atoms with Crippen molar-refractivity contribution < 1.29 is 37.9 Å². The van der Waals surface area contributed by atoms with Crippen molar-refractivity contribution in [3.05, 3.63) is 23.5 Å². The fourth-order valence-electron chi connectivity index (χ4n) is 6.99. The lowest BCUT2D eigenvalue weighted by atomic mass is 9.90. The molecule has 0 amide bonds. The lowest BCUT2D eigenvalue weighted by Gasteiger charge is -2.28. The zero-order valence-electron chi connectivity index (χ0n) is 21.1. The molecule has 3 aromatic rings. The van der Waals surface area contributed by atoms with Crippen LogP contribution in [0.1, 0.15) is 45.0 Å². The van der Waals surface area contributed by atoms with E-state index in [9.17, 15) is 5.11 Å². The Labute approximate surface area is 215 Å². The van der Waals surface area contributed by atoms with E-state index in [4.69, 9.17) is 32.8 Å². The van der Waals surface area contributed by atoms with E-state index in [-0.39, 0.29) is 18.1 Å². The predicted octanol–water partition coefficient (Wildman–Crippen LogP) is 0.848. The summed E-state index contributed by atoms with van der Waals surface area (Å²) in [5.41, 5.74) is 0.912. The van der Waals surface area contributed by atoms with Gasteiger partial charge in [-0.25, -0.2) is 9.36 Å². The molecule has 9 rings (SSSR count). The second-order valence-corrected chi connectivity index (χ2v) is 11.7. The minimum atomic E-state index is -1.49. The summed E-state index contributed by atoms with van der Waals surface area (Å²) < 4.78 is 46.0. The first kappa shape index (κ1) is 22.1. The topological polar surface area (TPSA) is 150 Å². The number of rotatable bonds is 2. The van der Waals surface area contributed by atoms with Crippen LogP contribution in [0.25, 0.3) is 22.9 Å². The highest BCUT2D eigenvalue weighted by Gasteiger charge is 2.68. The van der Waals surface area contributed by atoms with Crippen LogP contribution in [0.2, 0.25) is 0 Å². The van der Waals surface area contributed by atoms with Crippen molar-refractivity contribution in [1.29, 1.82) is 0 Å². The molecule has 0 bridgehead atoms. The van der Waals surface area contributed by atoms with E-state index >= 15 is 0 Å². The van der Waals surface area contributed by atoms with Crippen LogP contribution in [-0.2, 0) is 47.1 Å². The maximum atomic E-state index is 11.9. The van der Waals surface area contributed by atoms with E-state index in [2.05, 4.69) is 20.6 Å². The second-order valence-electron chi connectivity index (χ2n) is 11.7. The summed E-state index contributed by atoms with van der Waals surface area (Å²) >= 11 is 0. The van der Waals surface area contributed by atoms with Crippen LogP contribution in [0, 0.1) is 0 Å². The number of hydrogen-bond donors (Lipinski definition) is 1. The lowest BCUT2D eigenvalue weighted by Crippen LogP contribution is -2.44. The molecule has 8 atom stereocenters. The Morgan fingerprint density at radius 1 is 0.842 bits per heavy atom. The number of ether oxygens (including phenoxy) is 6. The molecule has 200 valence electrons. The fraction of sp³-hybridized carbons (Fsp3) is 0.667. The summed E-state index contributed by atoms with van der Waals surface area (Å²) in [5.74, 6) is -0.731. The molecular weight excluding hydrogens is 500 g/mol. The number of hydrogen-bond acceptors (Lipinski definition) is 12. The average Bonchev–Trinajstić information content (AvgIpc) is 3.64. The molecule has 9 heterocycles. The van der Waals surface area contributed by atoms with Crippen molar-refractivity contribution >= 4 is 0 Å². The number of aromatic nitrogens is 6. The summed E-state index contributed by atoms with van der Waals surface area (Å²) in [6, 6.07) is 3.62. The summed E-state index contributed by atoms with van der Waals surface area (Å²) in [7, 11) is 0. The number of nitrogens with zero attached hydrogens (tertiary/aromatic N) is 6. The van der Waals surface area contributed by atoms with Gasteiger partial charge in [0, 0.05) is 0 Å². The van der Waals surface area contributed by atoms with Gasteiger partial charge in [0.15, 0.2) is 52.7 Å². The van der Waals surface area contributed by atoms with Gasteiger partial charge in [-0.3, -0.25) is 0 Å². The summed E-state index contributed by atoms with van der Waals surface area (Å²) in [5, 5.41) is 29.3. The molecule has 8 unspecified atom stereocenters. The largest absolute Gasteiger partial charge is 0.453 e. The minimum absolute atomic E-state index is 0.0873. The van der Waals surface area contributed by atoms with Crippen molar-refractivity contribution in [3.63, 3.8) is 0 Å². The first-order valence-electron chi connectivity index (χ1n) is 12.8. The Morgan fingerprint density at radius 2 is 1.55 bits per heavy atom. The van der Waals surface area contributed by atoms with E-state index in [0.29, 0.717) is 41.7 Å². The van der Waals surface area contributed by atoms with Crippen LogP contribution in [0.15, 0.2) is 16.5 Å². The molecule has 0 saturated carbocycles. The van der Waals surface area contributed by atoms with E-state index in [1.807, 2.05) is 24.6 Å². The van der Waals surface area contributed by atoms with Crippen LogP contribution in [-0.4, -0.2) is 83.7 Å². The average molecular weight is 527 g/mol. The van der Waals surface area contributed by atoms with Crippen LogP contribution < -0.4 is 0 Å². The molecule has 14 heteroatoms. The van der Waals surface area contributed by atoms with Gasteiger partial charge in [-0.05, 0) is 39.8 Å². The smallest absolute Gasteiger partial charge is 0.191 e. The molecule has 1 N–H and O–H groups in total. The summed E-state index contributed by atoms with van der Waals surface area (Å²) in [6.07, 6.45) is -2.78. The van der Waals surface area contributed by atoms with Gasteiger partial charge in [0.2, 0.25) is 0 Å². The highest BCUT2D eigenvalue weighted by atomic mass is 16.8. The third-order valence-corrected chi connectivity index (χ3v) is 8.40. The van der Waals surface area contributed by atoms with E-state index in [1.54, 1.807) is 24.6 Å². The second kappa shape index (κ2) is 6.70. The van der Waals surface area contributed by atoms with Gasteiger partial charge in [0.25, 0.3) is 0 Å².